The standard InChI is InChI=1S/C9H14N4S2/c1-6-4-2-3-5-13(6)7-10-8(14)12-9(15)11-7/h6H,2-5H2,1H3,(H2,10,11,12,14,15). The first-order valence-electron chi connectivity index (χ1n) is 5.07. The van der Waals surface area contributed by atoms with E-state index in [9.17, 15) is 0 Å². The summed E-state index contributed by atoms with van der Waals surface area (Å²) in [7, 11) is 0. The predicted octanol–water partition coefficient (Wildman–Crippen LogP) is 1.83. The van der Waals surface area contributed by atoms with Gasteiger partial charge in [0, 0.05) is 12.6 Å². The minimum atomic E-state index is 0.433. The van der Waals surface area contributed by atoms with Gasteiger partial charge in [0.15, 0.2) is 10.3 Å². The molecule has 1 aromatic rings. The molecular weight excluding hydrogens is 228 g/mol. The number of hydrogen-bond acceptors (Lipinski definition) is 6. The van der Waals surface area contributed by atoms with Crippen molar-refractivity contribution in [3.63, 3.8) is 0 Å². The van der Waals surface area contributed by atoms with E-state index in [4.69, 9.17) is 0 Å². The molecule has 1 aromatic heterocycles. The molecule has 1 aliphatic heterocycles. The highest BCUT2D eigenvalue weighted by atomic mass is 32.1. The summed E-state index contributed by atoms with van der Waals surface area (Å²) >= 11 is 8.27. The Hall–Kier alpha value is -0.490. The van der Waals surface area contributed by atoms with Crippen LogP contribution in [0, 0.1) is 0 Å². The molecule has 1 fully saturated rings. The van der Waals surface area contributed by atoms with Crippen molar-refractivity contribution in [3.8, 4) is 0 Å². The van der Waals surface area contributed by atoms with Crippen LogP contribution in [-0.4, -0.2) is 27.5 Å². The molecule has 4 nitrogen and oxygen atoms in total. The van der Waals surface area contributed by atoms with E-state index in [1.807, 2.05) is 0 Å². The van der Waals surface area contributed by atoms with Crippen LogP contribution in [0.2, 0.25) is 0 Å². The summed E-state index contributed by atoms with van der Waals surface area (Å²) in [6.45, 7) is 3.20. The van der Waals surface area contributed by atoms with Gasteiger partial charge in [-0.05, 0) is 26.2 Å². The first-order valence-corrected chi connectivity index (χ1v) is 5.97. The fourth-order valence-corrected chi connectivity index (χ4v) is 2.31. The SMILES string of the molecule is CC1CCCCN1c1nc(S)nc(S)n1. The van der Waals surface area contributed by atoms with Gasteiger partial charge < -0.3 is 4.90 Å². The first kappa shape index (κ1) is 11.0. The van der Waals surface area contributed by atoms with Gasteiger partial charge >= 0.3 is 0 Å². The molecule has 1 atom stereocenters. The molecule has 0 aromatic carbocycles. The molecule has 0 bridgehead atoms. The zero-order chi connectivity index (χ0) is 10.8. The van der Waals surface area contributed by atoms with Crippen molar-refractivity contribution in [1.82, 2.24) is 15.0 Å². The van der Waals surface area contributed by atoms with Gasteiger partial charge in [0.1, 0.15) is 0 Å². The second kappa shape index (κ2) is 4.57. The number of thiol groups is 2. The zero-order valence-corrected chi connectivity index (χ0v) is 10.4. The highest BCUT2D eigenvalue weighted by Gasteiger charge is 2.21. The third-order valence-electron chi connectivity index (χ3n) is 2.66. The molecule has 1 unspecified atom stereocenters. The topological polar surface area (TPSA) is 41.9 Å². The highest BCUT2D eigenvalue weighted by molar-refractivity contribution is 7.80. The minimum Gasteiger partial charge on any atom is -0.338 e. The molecule has 0 radical (unpaired) electrons. The van der Waals surface area contributed by atoms with Gasteiger partial charge in [0.05, 0.1) is 0 Å². The molecule has 0 saturated carbocycles. The number of aromatic nitrogens is 3. The van der Waals surface area contributed by atoms with E-state index in [1.165, 1.54) is 19.3 Å². The average Bonchev–Trinajstić information content (AvgIpc) is 2.16. The smallest absolute Gasteiger partial charge is 0.230 e. The Kier molecular flexibility index (Phi) is 3.35. The number of nitrogens with zero attached hydrogens (tertiary/aromatic N) is 4. The van der Waals surface area contributed by atoms with E-state index >= 15 is 0 Å². The summed E-state index contributed by atoms with van der Waals surface area (Å²) in [4.78, 5) is 14.6. The van der Waals surface area contributed by atoms with Crippen molar-refractivity contribution < 1.29 is 0 Å². The molecule has 1 saturated heterocycles. The van der Waals surface area contributed by atoms with Gasteiger partial charge in [0.2, 0.25) is 5.95 Å². The maximum absolute atomic E-state index is 4.23. The van der Waals surface area contributed by atoms with Crippen molar-refractivity contribution in [1.29, 1.82) is 0 Å². The second-order valence-corrected chi connectivity index (χ2v) is 4.57. The number of piperidine rings is 1. The largest absolute Gasteiger partial charge is 0.338 e. The molecule has 15 heavy (non-hydrogen) atoms. The Labute approximate surface area is 100 Å². The Balaban J connectivity index is 2.27. The predicted molar refractivity (Wildman–Crippen MR) is 65.0 cm³/mol. The molecule has 2 heterocycles. The van der Waals surface area contributed by atoms with Gasteiger partial charge in [-0.1, -0.05) is 0 Å². The third kappa shape index (κ3) is 2.55. The molecule has 82 valence electrons. The molecule has 0 spiro atoms. The lowest BCUT2D eigenvalue weighted by Crippen LogP contribution is -2.38. The highest BCUT2D eigenvalue weighted by Crippen LogP contribution is 2.22. The van der Waals surface area contributed by atoms with E-state index in [1.54, 1.807) is 0 Å². The van der Waals surface area contributed by atoms with Crippen LogP contribution in [0.25, 0.3) is 0 Å². The number of rotatable bonds is 1. The molecular formula is C9H14N4S2. The summed E-state index contributed by atoms with van der Waals surface area (Å²) < 4.78 is 0. The van der Waals surface area contributed by atoms with Crippen LogP contribution >= 0.6 is 25.3 Å². The Bertz CT molecular complexity index is 338. The first-order chi connectivity index (χ1) is 7.16. The summed E-state index contributed by atoms with van der Waals surface area (Å²) in [5.41, 5.74) is 0. The van der Waals surface area contributed by atoms with Gasteiger partial charge in [0.25, 0.3) is 0 Å². The van der Waals surface area contributed by atoms with Crippen LogP contribution in [0.5, 0.6) is 0 Å². The van der Waals surface area contributed by atoms with Crippen LogP contribution in [-0.2, 0) is 0 Å². The zero-order valence-electron chi connectivity index (χ0n) is 8.59. The molecule has 2 rings (SSSR count). The van der Waals surface area contributed by atoms with Crippen LogP contribution < -0.4 is 4.90 Å². The number of anilines is 1. The van der Waals surface area contributed by atoms with Crippen molar-refractivity contribution >= 4 is 31.2 Å². The lowest BCUT2D eigenvalue weighted by atomic mass is 10.0. The van der Waals surface area contributed by atoms with Crippen molar-refractivity contribution in [2.45, 2.75) is 42.5 Å². The van der Waals surface area contributed by atoms with Crippen LogP contribution in [0.4, 0.5) is 5.95 Å². The number of hydrogen-bond donors (Lipinski definition) is 2. The lowest BCUT2D eigenvalue weighted by Gasteiger charge is -2.33. The quantitative estimate of drug-likeness (QED) is 0.737. The fraction of sp³-hybridized carbons (Fsp3) is 0.667. The van der Waals surface area contributed by atoms with Crippen LogP contribution in [0.15, 0.2) is 10.3 Å². The summed E-state index contributed by atoms with van der Waals surface area (Å²) in [5.74, 6) is 0.701. The van der Waals surface area contributed by atoms with Crippen LogP contribution in [0.3, 0.4) is 0 Å². The van der Waals surface area contributed by atoms with Gasteiger partial charge in [-0.15, -0.1) is 25.3 Å². The second-order valence-electron chi connectivity index (χ2n) is 3.77. The Morgan fingerprint density at radius 2 is 1.80 bits per heavy atom. The third-order valence-corrected chi connectivity index (χ3v) is 3.06. The van der Waals surface area contributed by atoms with Gasteiger partial charge in [-0.25, -0.2) is 0 Å². The lowest BCUT2D eigenvalue weighted by molar-refractivity contribution is 0.472. The van der Waals surface area contributed by atoms with Crippen molar-refractivity contribution in [3.05, 3.63) is 0 Å². The van der Waals surface area contributed by atoms with E-state index in [2.05, 4.69) is 52.0 Å². The van der Waals surface area contributed by atoms with Gasteiger partial charge in [-0.2, -0.15) is 15.0 Å². The van der Waals surface area contributed by atoms with Crippen molar-refractivity contribution in [2.75, 3.05) is 11.4 Å². The van der Waals surface area contributed by atoms with E-state index < -0.39 is 0 Å². The minimum absolute atomic E-state index is 0.433. The fourth-order valence-electron chi connectivity index (χ4n) is 1.87. The molecule has 0 N–H and O–H groups in total. The summed E-state index contributed by atoms with van der Waals surface area (Å²) in [6, 6.07) is 0.488. The normalized spacial score (nSPS) is 21.8. The summed E-state index contributed by atoms with van der Waals surface area (Å²) in [5, 5.41) is 0.866. The van der Waals surface area contributed by atoms with E-state index in [0.717, 1.165) is 6.54 Å². The molecule has 0 amide bonds. The Morgan fingerprint density at radius 3 is 2.40 bits per heavy atom. The molecule has 0 aliphatic carbocycles. The maximum atomic E-state index is 4.23. The van der Waals surface area contributed by atoms with E-state index in [0.29, 0.717) is 22.3 Å². The Morgan fingerprint density at radius 1 is 1.13 bits per heavy atom. The van der Waals surface area contributed by atoms with E-state index in [-0.39, 0.29) is 0 Å². The molecule has 1 aliphatic rings. The molecule has 6 heteroatoms. The monoisotopic (exact) mass is 242 g/mol. The summed E-state index contributed by atoms with van der Waals surface area (Å²) in [6.07, 6.45) is 3.67. The van der Waals surface area contributed by atoms with Crippen molar-refractivity contribution in [2.24, 2.45) is 0 Å². The van der Waals surface area contributed by atoms with Crippen LogP contribution in [0.1, 0.15) is 26.2 Å². The maximum Gasteiger partial charge on any atom is 0.230 e. The average molecular weight is 242 g/mol. The van der Waals surface area contributed by atoms with Gasteiger partial charge in [-0.3, -0.25) is 0 Å².